The molecule has 0 radical (unpaired) electrons. The third kappa shape index (κ3) is 3.45. The summed E-state index contributed by atoms with van der Waals surface area (Å²) < 4.78 is 6.02. The first-order chi connectivity index (χ1) is 10.4. The zero-order valence-corrected chi connectivity index (χ0v) is 14.4. The van der Waals surface area contributed by atoms with E-state index in [0.29, 0.717) is 11.1 Å². The Morgan fingerprint density at radius 2 is 1.64 bits per heavy atom. The molecule has 0 saturated carbocycles. The van der Waals surface area contributed by atoms with E-state index in [1.165, 1.54) is 0 Å². The zero-order valence-electron chi connectivity index (χ0n) is 12.8. The standard InChI is InChI=1S/C18H17BrO3/c1-11-12(2)15(9-16(19)13(11)3)18(21)22-10-17(20)14-7-5-4-6-8-14/h4-9H,10H2,1-3H3. The molecule has 0 unspecified atom stereocenters. The molecule has 3 nitrogen and oxygen atoms in total. The van der Waals surface area contributed by atoms with Gasteiger partial charge in [0.2, 0.25) is 0 Å². The van der Waals surface area contributed by atoms with Crippen LogP contribution in [0.4, 0.5) is 0 Å². The minimum atomic E-state index is -0.481. The smallest absolute Gasteiger partial charge is 0.338 e. The Kier molecular flexibility index (Phi) is 5.14. The molecule has 0 saturated heterocycles. The van der Waals surface area contributed by atoms with Crippen LogP contribution in [-0.2, 0) is 4.74 Å². The lowest BCUT2D eigenvalue weighted by Gasteiger charge is -2.12. The van der Waals surface area contributed by atoms with Gasteiger partial charge in [-0.25, -0.2) is 4.79 Å². The first-order valence-electron chi connectivity index (χ1n) is 6.93. The number of ether oxygens (including phenoxy) is 1. The Morgan fingerprint density at radius 1 is 1.00 bits per heavy atom. The quantitative estimate of drug-likeness (QED) is 0.598. The van der Waals surface area contributed by atoms with Gasteiger partial charge in [-0.05, 0) is 43.5 Å². The minimum Gasteiger partial charge on any atom is -0.454 e. The summed E-state index contributed by atoms with van der Waals surface area (Å²) in [7, 11) is 0. The van der Waals surface area contributed by atoms with Gasteiger partial charge in [-0.15, -0.1) is 0 Å². The number of benzene rings is 2. The van der Waals surface area contributed by atoms with Crippen LogP contribution in [0.2, 0.25) is 0 Å². The molecule has 0 aliphatic carbocycles. The van der Waals surface area contributed by atoms with Gasteiger partial charge in [-0.3, -0.25) is 4.79 Å². The Bertz CT molecular complexity index is 721. The highest BCUT2D eigenvalue weighted by Gasteiger charge is 2.17. The second-order valence-electron chi connectivity index (χ2n) is 5.15. The highest BCUT2D eigenvalue weighted by Crippen LogP contribution is 2.26. The van der Waals surface area contributed by atoms with Crippen LogP contribution in [0.5, 0.6) is 0 Å². The number of Topliss-reactive ketones (excluding diaryl/α,β-unsaturated/α-hetero) is 1. The first-order valence-corrected chi connectivity index (χ1v) is 7.72. The summed E-state index contributed by atoms with van der Waals surface area (Å²) in [5, 5.41) is 0. The van der Waals surface area contributed by atoms with Crippen LogP contribution in [0.15, 0.2) is 40.9 Å². The van der Waals surface area contributed by atoms with Crippen molar-refractivity contribution in [3.8, 4) is 0 Å². The SMILES string of the molecule is Cc1c(Br)cc(C(=O)OCC(=O)c2ccccc2)c(C)c1C. The van der Waals surface area contributed by atoms with Crippen LogP contribution in [0.1, 0.15) is 37.4 Å². The molecule has 2 aromatic carbocycles. The average Bonchev–Trinajstić information content (AvgIpc) is 2.54. The summed E-state index contributed by atoms with van der Waals surface area (Å²) in [5.41, 5.74) is 4.02. The fourth-order valence-corrected chi connectivity index (χ4v) is 2.66. The van der Waals surface area contributed by atoms with Gasteiger partial charge in [0.05, 0.1) is 5.56 Å². The van der Waals surface area contributed by atoms with Gasteiger partial charge in [0.1, 0.15) is 0 Å². The fourth-order valence-electron chi connectivity index (χ4n) is 2.13. The molecule has 114 valence electrons. The molecule has 4 heteroatoms. The van der Waals surface area contributed by atoms with Crippen LogP contribution in [-0.4, -0.2) is 18.4 Å². The second-order valence-corrected chi connectivity index (χ2v) is 6.00. The van der Waals surface area contributed by atoms with E-state index in [1.807, 2.05) is 26.8 Å². The molecule has 0 bridgehead atoms. The van der Waals surface area contributed by atoms with Crippen molar-refractivity contribution in [2.24, 2.45) is 0 Å². The van der Waals surface area contributed by atoms with E-state index in [2.05, 4.69) is 15.9 Å². The molecule has 0 aromatic heterocycles. The van der Waals surface area contributed by atoms with Crippen molar-refractivity contribution in [2.45, 2.75) is 20.8 Å². The third-order valence-electron chi connectivity index (χ3n) is 3.81. The largest absolute Gasteiger partial charge is 0.454 e. The molecule has 0 atom stereocenters. The number of esters is 1. The van der Waals surface area contributed by atoms with Crippen molar-refractivity contribution in [1.29, 1.82) is 0 Å². The van der Waals surface area contributed by atoms with Crippen molar-refractivity contribution in [3.05, 3.63) is 68.7 Å². The van der Waals surface area contributed by atoms with Crippen molar-refractivity contribution >= 4 is 27.7 Å². The minimum absolute atomic E-state index is 0.213. The Labute approximate surface area is 138 Å². The highest BCUT2D eigenvalue weighted by molar-refractivity contribution is 9.10. The van der Waals surface area contributed by atoms with Crippen molar-refractivity contribution in [3.63, 3.8) is 0 Å². The van der Waals surface area contributed by atoms with Gasteiger partial charge in [0, 0.05) is 10.0 Å². The average molecular weight is 361 g/mol. The Balaban J connectivity index is 2.12. The molecule has 0 N–H and O–H groups in total. The third-order valence-corrected chi connectivity index (χ3v) is 4.63. The molecule has 2 aromatic rings. The van der Waals surface area contributed by atoms with E-state index in [-0.39, 0.29) is 12.4 Å². The summed E-state index contributed by atoms with van der Waals surface area (Å²) >= 11 is 3.44. The number of hydrogen-bond acceptors (Lipinski definition) is 3. The van der Waals surface area contributed by atoms with Crippen LogP contribution in [0, 0.1) is 20.8 Å². The highest BCUT2D eigenvalue weighted by atomic mass is 79.9. The maximum Gasteiger partial charge on any atom is 0.338 e. The summed E-state index contributed by atoms with van der Waals surface area (Å²) in [6.07, 6.45) is 0. The van der Waals surface area contributed by atoms with Crippen molar-refractivity contribution < 1.29 is 14.3 Å². The predicted molar refractivity (Wildman–Crippen MR) is 89.4 cm³/mol. The lowest BCUT2D eigenvalue weighted by Crippen LogP contribution is -2.15. The van der Waals surface area contributed by atoms with Crippen LogP contribution in [0.25, 0.3) is 0 Å². The van der Waals surface area contributed by atoms with Crippen LogP contribution >= 0.6 is 15.9 Å². The van der Waals surface area contributed by atoms with Crippen LogP contribution < -0.4 is 0 Å². The van der Waals surface area contributed by atoms with Gasteiger partial charge in [0.15, 0.2) is 12.4 Å². The fraction of sp³-hybridized carbons (Fsp3) is 0.222. The molecule has 0 aliphatic heterocycles. The van der Waals surface area contributed by atoms with E-state index in [4.69, 9.17) is 4.74 Å². The summed E-state index contributed by atoms with van der Waals surface area (Å²) in [6.45, 7) is 5.57. The topological polar surface area (TPSA) is 43.4 Å². The maximum absolute atomic E-state index is 12.2. The van der Waals surface area contributed by atoms with Gasteiger partial charge < -0.3 is 4.74 Å². The molecular weight excluding hydrogens is 344 g/mol. The van der Waals surface area contributed by atoms with Gasteiger partial charge in [-0.2, -0.15) is 0 Å². The van der Waals surface area contributed by atoms with E-state index in [0.717, 1.165) is 21.2 Å². The van der Waals surface area contributed by atoms with Crippen LogP contribution in [0.3, 0.4) is 0 Å². The number of rotatable bonds is 4. The molecular formula is C18H17BrO3. The summed E-state index contributed by atoms with van der Waals surface area (Å²) in [6, 6.07) is 10.5. The van der Waals surface area contributed by atoms with Gasteiger partial charge >= 0.3 is 5.97 Å². The molecule has 2 rings (SSSR count). The summed E-state index contributed by atoms with van der Waals surface area (Å²) in [5.74, 6) is -0.694. The molecule has 0 aliphatic rings. The number of carbonyl (C=O) groups is 2. The Hall–Kier alpha value is -1.94. The van der Waals surface area contributed by atoms with Gasteiger partial charge in [0.25, 0.3) is 0 Å². The predicted octanol–water partition coefficient (Wildman–Crippen LogP) is 4.41. The number of halogens is 1. The lowest BCUT2D eigenvalue weighted by molar-refractivity contribution is 0.0474. The molecule has 0 fully saturated rings. The Morgan fingerprint density at radius 3 is 2.27 bits per heavy atom. The normalized spacial score (nSPS) is 10.4. The van der Waals surface area contributed by atoms with E-state index in [9.17, 15) is 9.59 Å². The van der Waals surface area contributed by atoms with Gasteiger partial charge in [-0.1, -0.05) is 46.3 Å². The lowest BCUT2D eigenvalue weighted by atomic mass is 9.99. The molecule has 0 spiro atoms. The van der Waals surface area contributed by atoms with E-state index < -0.39 is 5.97 Å². The number of ketones is 1. The van der Waals surface area contributed by atoms with E-state index >= 15 is 0 Å². The van der Waals surface area contributed by atoms with Crippen molar-refractivity contribution in [2.75, 3.05) is 6.61 Å². The second kappa shape index (κ2) is 6.88. The number of hydrogen-bond donors (Lipinski definition) is 0. The van der Waals surface area contributed by atoms with E-state index in [1.54, 1.807) is 30.3 Å². The number of carbonyl (C=O) groups excluding carboxylic acids is 2. The van der Waals surface area contributed by atoms with Crippen molar-refractivity contribution in [1.82, 2.24) is 0 Å². The zero-order chi connectivity index (χ0) is 16.3. The molecule has 0 heterocycles. The monoisotopic (exact) mass is 360 g/mol. The maximum atomic E-state index is 12.2. The molecule has 22 heavy (non-hydrogen) atoms. The molecule has 0 amide bonds. The first kappa shape index (κ1) is 16.4. The summed E-state index contributed by atoms with van der Waals surface area (Å²) in [4.78, 5) is 24.2.